The van der Waals surface area contributed by atoms with E-state index >= 15 is 0 Å². The van der Waals surface area contributed by atoms with Crippen molar-refractivity contribution < 1.29 is 13.6 Å². The van der Waals surface area contributed by atoms with Crippen LogP contribution in [-0.4, -0.2) is 45.2 Å². The molecule has 1 aromatic heterocycles. The Labute approximate surface area is 194 Å². The average molecular weight is 468 g/mol. The zero-order chi connectivity index (χ0) is 22.8. The number of imidazole rings is 1. The molecule has 170 valence electrons. The number of aromatic nitrogens is 2. The molecule has 3 aromatic rings. The summed E-state index contributed by atoms with van der Waals surface area (Å²) < 4.78 is 29.9. The summed E-state index contributed by atoms with van der Waals surface area (Å²) >= 11 is 1.05. The second kappa shape index (κ2) is 9.44. The Morgan fingerprint density at radius 3 is 2.64 bits per heavy atom. The fourth-order valence-electron chi connectivity index (χ4n) is 4.11. The number of nitrogens with zero attached hydrogens (tertiary/aromatic N) is 4. The summed E-state index contributed by atoms with van der Waals surface area (Å²) in [6.45, 7) is 4.14. The van der Waals surface area contributed by atoms with Gasteiger partial charge in [0.15, 0.2) is 5.17 Å². The number of benzene rings is 2. The van der Waals surface area contributed by atoms with E-state index in [-0.39, 0.29) is 10.9 Å². The number of hydrogen-bond donors (Lipinski definition) is 1. The minimum absolute atomic E-state index is 0.142. The lowest BCUT2D eigenvalue weighted by Crippen LogP contribution is -2.32. The third-order valence-corrected chi connectivity index (χ3v) is 6.76. The van der Waals surface area contributed by atoms with Gasteiger partial charge in [-0.2, -0.15) is 4.99 Å². The molecule has 1 fully saturated rings. The number of hydrogen-bond acceptors (Lipinski definition) is 5. The number of nitrogens with one attached hydrogen (secondary N) is 1. The minimum Gasteiger partial charge on any atom is -0.329 e. The van der Waals surface area contributed by atoms with E-state index in [1.165, 1.54) is 25.3 Å². The molecule has 0 saturated carbocycles. The summed E-state index contributed by atoms with van der Waals surface area (Å²) in [5, 5.41) is 2.73. The topological polar surface area (TPSA) is 62.5 Å². The molecule has 0 aliphatic carbocycles. The fraction of sp³-hybridized carbons (Fsp3) is 0.292. The molecule has 1 saturated heterocycles. The Morgan fingerprint density at radius 1 is 1.06 bits per heavy atom. The maximum absolute atomic E-state index is 13.9. The van der Waals surface area contributed by atoms with E-state index in [9.17, 15) is 13.6 Å². The van der Waals surface area contributed by atoms with Gasteiger partial charge in [-0.1, -0.05) is 18.6 Å². The molecule has 5 rings (SSSR count). The number of para-hydroxylation sites is 1. The van der Waals surface area contributed by atoms with Gasteiger partial charge in [0.25, 0.3) is 5.91 Å². The Bertz CT molecular complexity index is 1240. The van der Waals surface area contributed by atoms with Crippen molar-refractivity contribution in [1.82, 2.24) is 14.5 Å². The highest BCUT2D eigenvalue weighted by molar-refractivity contribution is 8.18. The zero-order valence-electron chi connectivity index (χ0n) is 17.9. The SMILES string of the molecule is O=C1N=C(Nc2c(F)cccc2F)SC1=Cc1ccc2ncn(CCN3CCCCC3)c2c1. The zero-order valence-corrected chi connectivity index (χ0v) is 18.7. The van der Waals surface area contributed by atoms with Crippen molar-refractivity contribution in [3.8, 4) is 0 Å². The van der Waals surface area contributed by atoms with Gasteiger partial charge in [-0.3, -0.25) is 4.79 Å². The standard InChI is InChI=1S/C24H23F2N5OS/c25-17-5-4-6-18(26)22(17)28-24-29-23(32)21(33-24)14-16-7-8-19-20(13-16)31(15-27-19)12-11-30-9-2-1-3-10-30/h4-8,13-15H,1-3,9-12H2,(H,28,29,32). The van der Waals surface area contributed by atoms with Crippen LogP contribution in [0.3, 0.4) is 0 Å². The fourth-order valence-corrected chi connectivity index (χ4v) is 4.93. The number of piperidine rings is 1. The first-order valence-corrected chi connectivity index (χ1v) is 11.8. The highest BCUT2D eigenvalue weighted by Gasteiger charge is 2.24. The van der Waals surface area contributed by atoms with Crippen molar-refractivity contribution >= 4 is 45.6 Å². The van der Waals surface area contributed by atoms with Gasteiger partial charge in [-0.25, -0.2) is 13.8 Å². The van der Waals surface area contributed by atoms with Gasteiger partial charge in [-0.05, 0) is 73.6 Å². The molecule has 33 heavy (non-hydrogen) atoms. The number of fused-ring (bicyclic) bond motifs is 1. The van der Waals surface area contributed by atoms with E-state index in [2.05, 4.69) is 24.8 Å². The molecule has 0 atom stereocenters. The Hall–Kier alpha value is -3.04. The van der Waals surface area contributed by atoms with Crippen molar-refractivity contribution in [3.05, 3.63) is 64.8 Å². The van der Waals surface area contributed by atoms with Crippen LogP contribution in [0.2, 0.25) is 0 Å². The highest BCUT2D eigenvalue weighted by atomic mass is 32.2. The lowest BCUT2D eigenvalue weighted by atomic mass is 10.1. The number of carbonyl (C=O) groups is 1. The average Bonchev–Trinajstić information content (AvgIpc) is 3.38. The van der Waals surface area contributed by atoms with Crippen LogP contribution in [0.1, 0.15) is 24.8 Å². The summed E-state index contributed by atoms with van der Waals surface area (Å²) in [5.74, 6) is -1.93. The maximum Gasteiger partial charge on any atom is 0.286 e. The van der Waals surface area contributed by atoms with Gasteiger partial charge in [0.05, 0.1) is 22.3 Å². The third kappa shape index (κ3) is 4.84. The van der Waals surface area contributed by atoms with Crippen LogP contribution >= 0.6 is 11.8 Å². The smallest absolute Gasteiger partial charge is 0.286 e. The molecule has 6 nitrogen and oxygen atoms in total. The first-order chi connectivity index (χ1) is 16.1. The first-order valence-electron chi connectivity index (χ1n) is 11.0. The van der Waals surface area contributed by atoms with E-state index in [0.29, 0.717) is 4.91 Å². The second-order valence-electron chi connectivity index (χ2n) is 8.14. The molecule has 0 unspecified atom stereocenters. The Morgan fingerprint density at radius 2 is 1.85 bits per heavy atom. The third-order valence-electron chi connectivity index (χ3n) is 5.86. The van der Waals surface area contributed by atoms with Crippen LogP contribution in [-0.2, 0) is 11.3 Å². The Balaban J connectivity index is 1.31. The summed E-state index contributed by atoms with van der Waals surface area (Å²) in [6.07, 6.45) is 7.43. The summed E-state index contributed by atoms with van der Waals surface area (Å²) in [5.41, 5.74) is 2.42. The first kappa shape index (κ1) is 21.8. The quantitative estimate of drug-likeness (QED) is 0.542. The largest absolute Gasteiger partial charge is 0.329 e. The predicted molar refractivity (Wildman–Crippen MR) is 128 cm³/mol. The molecule has 2 aromatic carbocycles. The summed E-state index contributed by atoms with van der Waals surface area (Å²) in [4.78, 5) is 23.6. The number of anilines is 1. The number of thioether (sulfide) groups is 1. The van der Waals surface area contributed by atoms with Gasteiger partial charge in [0.1, 0.15) is 17.3 Å². The van der Waals surface area contributed by atoms with Crippen LogP contribution in [0.4, 0.5) is 14.5 Å². The molecule has 1 amide bonds. The predicted octanol–water partition coefficient (Wildman–Crippen LogP) is 4.88. The summed E-state index contributed by atoms with van der Waals surface area (Å²) in [6, 6.07) is 9.40. The van der Waals surface area contributed by atoms with Crippen LogP contribution in [0.25, 0.3) is 17.1 Å². The lowest BCUT2D eigenvalue weighted by Gasteiger charge is -2.26. The van der Waals surface area contributed by atoms with E-state index in [1.54, 1.807) is 6.08 Å². The number of likely N-dealkylation sites (tertiary alicyclic amines) is 1. The van der Waals surface area contributed by atoms with Crippen molar-refractivity contribution in [3.63, 3.8) is 0 Å². The minimum atomic E-state index is -0.744. The van der Waals surface area contributed by atoms with Crippen LogP contribution in [0.15, 0.2) is 52.6 Å². The molecule has 1 N–H and O–H groups in total. The van der Waals surface area contributed by atoms with Crippen LogP contribution in [0.5, 0.6) is 0 Å². The van der Waals surface area contributed by atoms with Crippen molar-refractivity contribution in [2.75, 3.05) is 25.0 Å². The molecule has 0 bridgehead atoms. The van der Waals surface area contributed by atoms with Gasteiger partial charge >= 0.3 is 0 Å². The number of halogens is 2. The monoisotopic (exact) mass is 467 g/mol. The number of rotatable bonds is 5. The van der Waals surface area contributed by atoms with Gasteiger partial charge < -0.3 is 14.8 Å². The number of amides is 1. The van der Waals surface area contributed by atoms with E-state index in [0.717, 1.165) is 66.7 Å². The molecule has 0 radical (unpaired) electrons. The lowest BCUT2D eigenvalue weighted by molar-refractivity contribution is -0.113. The van der Waals surface area contributed by atoms with Crippen LogP contribution in [0, 0.1) is 11.6 Å². The Kier molecular flexibility index (Phi) is 6.24. The van der Waals surface area contributed by atoms with Gasteiger partial charge in [0.2, 0.25) is 0 Å². The highest BCUT2D eigenvalue weighted by Crippen LogP contribution is 2.31. The van der Waals surface area contributed by atoms with E-state index in [4.69, 9.17) is 0 Å². The number of carbonyl (C=O) groups excluding carboxylic acids is 1. The summed E-state index contributed by atoms with van der Waals surface area (Å²) in [7, 11) is 0. The van der Waals surface area contributed by atoms with Gasteiger partial charge in [-0.15, -0.1) is 0 Å². The van der Waals surface area contributed by atoms with Crippen molar-refractivity contribution in [2.24, 2.45) is 4.99 Å². The van der Waals surface area contributed by atoms with Crippen molar-refractivity contribution in [1.29, 1.82) is 0 Å². The molecule has 3 heterocycles. The van der Waals surface area contributed by atoms with Crippen molar-refractivity contribution in [2.45, 2.75) is 25.8 Å². The second-order valence-corrected chi connectivity index (χ2v) is 9.17. The molecule has 2 aliphatic rings. The number of amidine groups is 1. The van der Waals surface area contributed by atoms with Gasteiger partial charge in [0, 0.05) is 13.1 Å². The molecular formula is C24H23F2N5OS. The van der Waals surface area contributed by atoms with E-state index < -0.39 is 17.5 Å². The molecule has 9 heteroatoms. The van der Waals surface area contributed by atoms with E-state index in [1.807, 2.05) is 24.5 Å². The molecule has 0 spiro atoms. The molecule has 2 aliphatic heterocycles. The number of aliphatic imine (C=N–C) groups is 1. The normalized spacial score (nSPS) is 18.3. The molecular weight excluding hydrogens is 444 g/mol. The van der Waals surface area contributed by atoms with Crippen LogP contribution < -0.4 is 5.32 Å². The maximum atomic E-state index is 13.9.